The highest BCUT2D eigenvalue weighted by Crippen LogP contribution is 1.92. The summed E-state index contributed by atoms with van der Waals surface area (Å²) < 4.78 is 4.42. The molecule has 0 aromatic carbocycles. The highest BCUT2D eigenvalue weighted by molar-refractivity contribution is 5.86. The molecular weight excluding hydrogens is 236 g/mol. The molecule has 0 aliphatic rings. The van der Waals surface area contributed by atoms with Crippen LogP contribution in [0.15, 0.2) is 12.7 Å². The lowest BCUT2D eigenvalue weighted by Gasteiger charge is -2.05. The van der Waals surface area contributed by atoms with E-state index in [9.17, 15) is 14.4 Å². The van der Waals surface area contributed by atoms with Crippen LogP contribution >= 0.6 is 0 Å². The highest BCUT2D eigenvalue weighted by atomic mass is 16.5. The SMILES string of the molecule is C=CC(=O)NCCCCNC(=O)CCC(=O)OC. The lowest BCUT2D eigenvalue weighted by atomic mass is 10.2. The summed E-state index contributed by atoms with van der Waals surface area (Å²) in [6, 6.07) is 0. The molecule has 0 heterocycles. The normalized spacial score (nSPS) is 9.39. The third-order valence-electron chi connectivity index (χ3n) is 2.19. The van der Waals surface area contributed by atoms with Crippen LogP contribution < -0.4 is 10.6 Å². The molecular formula is C12H20N2O4. The Bertz CT molecular complexity index is 302. The number of amides is 2. The zero-order chi connectivity index (χ0) is 13.8. The van der Waals surface area contributed by atoms with Crippen molar-refractivity contribution >= 4 is 17.8 Å². The molecule has 0 atom stereocenters. The molecule has 2 amide bonds. The number of hydrogen-bond acceptors (Lipinski definition) is 4. The maximum absolute atomic E-state index is 11.2. The van der Waals surface area contributed by atoms with Crippen molar-refractivity contribution in [2.75, 3.05) is 20.2 Å². The first-order valence-corrected chi connectivity index (χ1v) is 5.84. The van der Waals surface area contributed by atoms with Crippen molar-refractivity contribution in [3.05, 3.63) is 12.7 Å². The molecule has 0 aromatic rings. The number of esters is 1. The second-order valence-electron chi connectivity index (χ2n) is 3.63. The Hall–Kier alpha value is -1.85. The molecule has 0 radical (unpaired) electrons. The summed E-state index contributed by atoms with van der Waals surface area (Å²) in [6.45, 7) is 4.42. The van der Waals surface area contributed by atoms with Gasteiger partial charge in [0.25, 0.3) is 0 Å². The first kappa shape index (κ1) is 16.1. The topological polar surface area (TPSA) is 84.5 Å². The number of carbonyl (C=O) groups is 3. The van der Waals surface area contributed by atoms with Crippen LogP contribution in [-0.2, 0) is 19.1 Å². The molecule has 0 bridgehead atoms. The number of rotatable bonds is 9. The third-order valence-corrected chi connectivity index (χ3v) is 2.19. The summed E-state index contributed by atoms with van der Waals surface area (Å²) in [4.78, 5) is 32.8. The van der Waals surface area contributed by atoms with Gasteiger partial charge in [-0.2, -0.15) is 0 Å². The smallest absolute Gasteiger partial charge is 0.306 e. The van der Waals surface area contributed by atoms with Gasteiger partial charge in [-0.25, -0.2) is 0 Å². The van der Waals surface area contributed by atoms with Crippen molar-refractivity contribution in [3.8, 4) is 0 Å². The third kappa shape index (κ3) is 9.38. The molecule has 0 saturated heterocycles. The second kappa shape index (κ2) is 10.3. The molecule has 102 valence electrons. The van der Waals surface area contributed by atoms with E-state index in [1.807, 2.05) is 0 Å². The van der Waals surface area contributed by atoms with Crippen LogP contribution in [0, 0.1) is 0 Å². The summed E-state index contributed by atoms with van der Waals surface area (Å²) in [6.07, 6.45) is 2.99. The number of methoxy groups -OCH3 is 1. The highest BCUT2D eigenvalue weighted by Gasteiger charge is 2.05. The van der Waals surface area contributed by atoms with Crippen molar-refractivity contribution in [1.82, 2.24) is 10.6 Å². The van der Waals surface area contributed by atoms with E-state index in [0.29, 0.717) is 13.1 Å². The van der Waals surface area contributed by atoms with Crippen LogP contribution in [-0.4, -0.2) is 38.0 Å². The summed E-state index contributed by atoms with van der Waals surface area (Å²) >= 11 is 0. The molecule has 0 fully saturated rings. The first-order chi connectivity index (χ1) is 8.60. The number of hydrogen-bond donors (Lipinski definition) is 2. The fourth-order valence-electron chi connectivity index (χ4n) is 1.17. The van der Waals surface area contributed by atoms with Crippen LogP contribution in [0.3, 0.4) is 0 Å². The number of carbonyl (C=O) groups excluding carboxylic acids is 3. The van der Waals surface area contributed by atoms with Gasteiger partial charge in [-0.05, 0) is 18.9 Å². The van der Waals surface area contributed by atoms with Crippen molar-refractivity contribution in [2.24, 2.45) is 0 Å². The van der Waals surface area contributed by atoms with E-state index in [4.69, 9.17) is 0 Å². The molecule has 2 N–H and O–H groups in total. The molecule has 18 heavy (non-hydrogen) atoms. The van der Waals surface area contributed by atoms with E-state index in [-0.39, 0.29) is 24.7 Å². The van der Waals surface area contributed by atoms with Crippen LogP contribution in [0.2, 0.25) is 0 Å². The minimum absolute atomic E-state index is 0.0950. The maximum Gasteiger partial charge on any atom is 0.306 e. The molecule has 0 saturated carbocycles. The van der Waals surface area contributed by atoms with E-state index in [0.717, 1.165) is 12.8 Å². The molecule has 6 nitrogen and oxygen atoms in total. The van der Waals surface area contributed by atoms with Crippen molar-refractivity contribution in [2.45, 2.75) is 25.7 Å². The van der Waals surface area contributed by atoms with Crippen LogP contribution in [0.25, 0.3) is 0 Å². The standard InChI is InChI=1S/C12H20N2O4/c1-3-10(15)13-8-4-5-9-14-11(16)6-7-12(17)18-2/h3H,1,4-9H2,2H3,(H,13,15)(H,14,16). The van der Waals surface area contributed by atoms with E-state index >= 15 is 0 Å². The first-order valence-electron chi connectivity index (χ1n) is 5.84. The van der Waals surface area contributed by atoms with E-state index in [2.05, 4.69) is 21.9 Å². The molecule has 6 heteroatoms. The van der Waals surface area contributed by atoms with E-state index < -0.39 is 5.97 Å². The largest absolute Gasteiger partial charge is 0.469 e. The summed E-state index contributed by atoms with van der Waals surface area (Å²) in [5.41, 5.74) is 0. The Morgan fingerprint density at radius 3 is 2.28 bits per heavy atom. The number of ether oxygens (including phenoxy) is 1. The summed E-state index contributed by atoms with van der Waals surface area (Å²) in [5.74, 6) is -0.759. The molecule has 0 aromatic heterocycles. The molecule has 0 aliphatic carbocycles. The van der Waals surface area contributed by atoms with Gasteiger partial charge in [-0.15, -0.1) is 0 Å². The average molecular weight is 256 g/mol. The van der Waals surface area contributed by atoms with Gasteiger partial charge in [0, 0.05) is 19.5 Å². The van der Waals surface area contributed by atoms with Gasteiger partial charge in [0.05, 0.1) is 13.5 Å². The monoisotopic (exact) mass is 256 g/mol. The van der Waals surface area contributed by atoms with Crippen LogP contribution in [0.4, 0.5) is 0 Å². The van der Waals surface area contributed by atoms with Gasteiger partial charge in [0.2, 0.25) is 11.8 Å². The number of nitrogens with one attached hydrogen (secondary N) is 2. The van der Waals surface area contributed by atoms with Crippen molar-refractivity contribution in [1.29, 1.82) is 0 Å². The predicted molar refractivity (Wildman–Crippen MR) is 66.7 cm³/mol. The lowest BCUT2D eigenvalue weighted by Crippen LogP contribution is -2.26. The zero-order valence-corrected chi connectivity index (χ0v) is 10.7. The predicted octanol–water partition coefficient (Wildman–Crippen LogP) is 0.138. The van der Waals surface area contributed by atoms with E-state index in [1.54, 1.807) is 0 Å². The Balaban J connectivity index is 3.38. The average Bonchev–Trinajstić information content (AvgIpc) is 2.39. The summed E-state index contributed by atoms with van der Waals surface area (Å²) in [7, 11) is 1.29. The quantitative estimate of drug-likeness (QED) is 0.349. The maximum atomic E-state index is 11.2. The molecule has 0 unspecified atom stereocenters. The number of unbranched alkanes of at least 4 members (excludes halogenated alkanes) is 1. The van der Waals surface area contributed by atoms with E-state index in [1.165, 1.54) is 13.2 Å². The van der Waals surface area contributed by atoms with Crippen molar-refractivity contribution < 1.29 is 19.1 Å². The Morgan fingerprint density at radius 1 is 1.11 bits per heavy atom. The Kier molecular flexibility index (Phi) is 9.25. The second-order valence-corrected chi connectivity index (χ2v) is 3.63. The Labute approximate surface area is 107 Å². The van der Waals surface area contributed by atoms with Gasteiger partial charge in [-0.1, -0.05) is 6.58 Å². The molecule has 0 aliphatic heterocycles. The minimum atomic E-state index is -0.391. The van der Waals surface area contributed by atoms with Gasteiger partial charge in [-0.3, -0.25) is 14.4 Å². The summed E-state index contributed by atoms with van der Waals surface area (Å²) in [5, 5.41) is 5.32. The van der Waals surface area contributed by atoms with Crippen LogP contribution in [0.5, 0.6) is 0 Å². The fraction of sp³-hybridized carbons (Fsp3) is 0.583. The van der Waals surface area contributed by atoms with Crippen molar-refractivity contribution in [3.63, 3.8) is 0 Å². The van der Waals surface area contributed by atoms with Gasteiger partial charge in [0.1, 0.15) is 0 Å². The fourth-order valence-corrected chi connectivity index (χ4v) is 1.17. The molecule has 0 spiro atoms. The minimum Gasteiger partial charge on any atom is -0.469 e. The zero-order valence-electron chi connectivity index (χ0n) is 10.7. The van der Waals surface area contributed by atoms with Gasteiger partial charge < -0.3 is 15.4 Å². The van der Waals surface area contributed by atoms with Gasteiger partial charge in [0.15, 0.2) is 0 Å². The molecule has 0 rings (SSSR count). The van der Waals surface area contributed by atoms with Crippen LogP contribution in [0.1, 0.15) is 25.7 Å². The lowest BCUT2D eigenvalue weighted by molar-refractivity contribution is -0.142. The van der Waals surface area contributed by atoms with Gasteiger partial charge >= 0.3 is 5.97 Å². The Morgan fingerprint density at radius 2 is 1.72 bits per heavy atom.